The van der Waals surface area contributed by atoms with Crippen LogP contribution in [0.2, 0.25) is 0 Å². The number of aromatic nitrogens is 1. The van der Waals surface area contributed by atoms with Crippen molar-refractivity contribution in [2.24, 2.45) is 0 Å². The molecule has 1 aromatic carbocycles. The van der Waals surface area contributed by atoms with Crippen LogP contribution in [0, 0.1) is 11.3 Å². The van der Waals surface area contributed by atoms with Crippen LogP contribution in [0.25, 0.3) is 10.9 Å². The molecule has 2 heterocycles. The van der Waals surface area contributed by atoms with Crippen LogP contribution in [-0.2, 0) is 10.0 Å². The average molecular weight is 403 g/mol. The van der Waals surface area contributed by atoms with Gasteiger partial charge < -0.3 is 9.64 Å². The number of nitriles is 1. The molecule has 0 atom stereocenters. The van der Waals surface area contributed by atoms with E-state index in [4.69, 9.17) is 10.00 Å². The number of unbranched alkanes of at least 4 members (excludes halogenated alkanes) is 1. The predicted molar refractivity (Wildman–Crippen MR) is 108 cm³/mol. The van der Waals surface area contributed by atoms with Crippen molar-refractivity contribution >= 4 is 20.9 Å². The van der Waals surface area contributed by atoms with E-state index in [2.05, 4.69) is 16.0 Å². The lowest BCUT2D eigenvalue weighted by Gasteiger charge is -2.22. The monoisotopic (exact) mass is 402 g/mol. The number of pyridine rings is 1. The summed E-state index contributed by atoms with van der Waals surface area (Å²) in [5.74, 6) is 0.594. The van der Waals surface area contributed by atoms with Crippen LogP contribution in [0.1, 0.15) is 26.2 Å². The van der Waals surface area contributed by atoms with Crippen LogP contribution in [0.15, 0.2) is 35.4 Å². The lowest BCUT2D eigenvalue weighted by atomic mass is 10.2. The molecule has 0 bridgehead atoms. The summed E-state index contributed by atoms with van der Waals surface area (Å²) in [5.41, 5.74) is 0.568. The highest BCUT2D eigenvalue weighted by molar-refractivity contribution is 7.89. The second-order valence-electron chi connectivity index (χ2n) is 6.76. The summed E-state index contributed by atoms with van der Waals surface area (Å²) >= 11 is 0. The van der Waals surface area contributed by atoms with Crippen molar-refractivity contribution in [1.82, 2.24) is 14.2 Å². The first-order valence-corrected chi connectivity index (χ1v) is 11.1. The minimum atomic E-state index is -3.63. The molecule has 0 unspecified atom stereocenters. The number of sulfonamides is 1. The van der Waals surface area contributed by atoms with Crippen molar-refractivity contribution in [3.63, 3.8) is 0 Å². The van der Waals surface area contributed by atoms with Gasteiger partial charge in [-0.2, -0.15) is 9.57 Å². The minimum Gasteiger partial charge on any atom is -0.492 e. The van der Waals surface area contributed by atoms with Crippen LogP contribution in [-0.4, -0.2) is 61.9 Å². The van der Waals surface area contributed by atoms with Gasteiger partial charge in [-0.3, -0.25) is 4.98 Å². The maximum Gasteiger partial charge on any atom is 0.243 e. The second-order valence-corrected chi connectivity index (χ2v) is 8.66. The fourth-order valence-electron chi connectivity index (χ4n) is 3.55. The second kappa shape index (κ2) is 9.32. The van der Waals surface area contributed by atoms with Crippen molar-refractivity contribution in [3.05, 3.63) is 30.5 Å². The van der Waals surface area contributed by atoms with Crippen LogP contribution >= 0.6 is 0 Å². The Morgan fingerprint density at radius 2 is 2.07 bits per heavy atom. The standard InChI is InChI=1S/C20H26N4O3S/c1-2-27-18-8-9-19(17-7-5-11-22-20(17)18)28(25,26)24-14-6-13-23(15-16-24)12-4-3-10-21/h5,7-9,11H,2-4,6,12-16H2,1H3. The van der Waals surface area contributed by atoms with Gasteiger partial charge in [0.1, 0.15) is 11.3 Å². The highest BCUT2D eigenvalue weighted by Crippen LogP contribution is 2.31. The molecule has 1 aliphatic rings. The van der Waals surface area contributed by atoms with Gasteiger partial charge in [0.05, 0.1) is 17.6 Å². The van der Waals surface area contributed by atoms with E-state index in [1.54, 1.807) is 34.8 Å². The molecule has 0 amide bonds. The van der Waals surface area contributed by atoms with Crippen LogP contribution in [0.5, 0.6) is 5.75 Å². The fraction of sp³-hybridized carbons (Fsp3) is 0.500. The normalized spacial score (nSPS) is 16.6. The van der Waals surface area contributed by atoms with E-state index in [0.29, 0.717) is 49.3 Å². The van der Waals surface area contributed by atoms with Crippen LogP contribution < -0.4 is 4.74 Å². The van der Waals surface area contributed by atoms with Gasteiger partial charge in [-0.1, -0.05) is 0 Å². The van der Waals surface area contributed by atoms with E-state index >= 15 is 0 Å². The molecule has 1 saturated heterocycles. The summed E-state index contributed by atoms with van der Waals surface area (Å²) in [6.07, 6.45) is 3.77. The maximum atomic E-state index is 13.4. The van der Waals surface area contributed by atoms with Crippen molar-refractivity contribution in [3.8, 4) is 11.8 Å². The number of rotatable bonds is 7. The largest absolute Gasteiger partial charge is 0.492 e. The zero-order valence-corrected chi connectivity index (χ0v) is 17.0. The van der Waals surface area contributed by atoms with Crippen molar-refractivity contribution < 1.29 is 13.2 Å². The first-order chi connectivity index (χ1) is 13.6. The molecule has 0 N–H and O–H groups in total. The molecule has 3 rings (SSSR count). The van der Waals surface area contributed by atoms with Gasteiger partial charge in [0.2, 0.25) is 10.0 Å². The van der Waals surface area contributed by atoms with Crippen molar-refractivity contribution in [2.45, 2.75) is 31.1 Å². The summed E-state index contributed by atoms with van der Waals surface area (Å²) < 4.78 is 34.0. The molecule has 7 nitrogen and oxygen atoms in total. The van der Waals surface area contributed by atoms with Gasteiger partial charge in [0.15, 0.2) is 0 Å². The van der Waals surface area contributed by atoms with E-state index in [0.717, 1.165) is 25.9 Å². The van der Waals surface area contributed by atoms with Gasteiger partial charge in [0, 0.05) is 37.6 Å². The van der Waals surface area contributed by atoms with Crippen molar-refractivity contribution in [2.75, 3.05) is 39.3 Å². The van der Waals surface area contributed by atoms with Crippen LogP contribution in [0.3, 0.4) is 0 Å². The van der Waals surface area contributed by atoms with E-state index < -0.39 is 10.0 Å². The summed E-state index contributed by atoms with van der Waals surface area (Å²) in [6.45, 7) is 5.68. The Kier molecular flexibility index (Phi) is 6.83. The summed E-state index contributed by atoms with van der Waals surface area (Å²) in [5, 5.41) is 9.28. The highest BCUT2D eigenvalue weighted by Gasteiger charge is 2.29. The lowest BCUT2D eigenvalue weighted by molar-refractivity contribution is 0.284. The van der Waals surface area contributed by atoms with Gasteiger partial charge in [-0.05, 0) is 57.1 Å². The smallest absolute Gasteiger partial charge is 0.243 e. The molecule has 2 aromatic rings. The van der Waals surface area contributed by atoms with E-state index in [1.807, 2.05) is 6.92 Å². The molecular weight excluding hydrogens is 376 g/mol. The van der Waals surface area contributed by atoms with Gasteiger partial charge in [0.25, 0.3) is 0 Å². The summed E-state index contributed by atoms with van der Waals surface area (Å²) in [6, 6.07) is 9.00. The number of nitrogens with zero attached hydrogens (tertiary/aromatic N) is 4. The molecule has 1 fully saturated rings. The Bertz CT molecular complexity index is 956. The molecule has 1 aromatic heterocycles. The molecule has 0 aliphatic carbocycles. The minimum absolute atomic E-state index is 0.275. The first-order valence-electron chi connectivity index (χ1n) is 9.68. The number of hydrogen-bond donors (Lipinski definition) is 0. The number of fused-ring (bicyclic) bond motifs is 1. The highest BCUT2D eigenvalue weighted by atomic mass is 32.2. The Morgan fingerprint density at radius 1 is 1.21 bits per heavy atom. The van der Waals surface area contributed by atoms with Crippen molar-refractivity contribution in [1.29, 1.82) is 5.26 Å². The van der Waals surface area contributed by atoms with Crippen LogP contribution in [0.4, 0.5) is 0 Å². The third-order valence-electron chi connectivity index (χ3n) is 4.92. The fourth-order valence-corrected chi connectivity index (χ4v) is 5.20. The zero-order chi connectivity index (χ0) is 20.0. The number of hydrogen-bond acceptors (Lipinski definition) is 6. The van der Waals surface area contributed by atoms with E-state index in [1.165, 1.54) is 0 Å². The first kappa shape index (κ1) is 20.5. The Morgan fingerprint density at radius 3 is 2.86 bits per heavy atom. The Labute approximate surface area is 166 Å². The quantitative estimate of drug-likeness (QED) is 0.662. The molecule has 28 heavy (non-hydrogen) atoms. The van der Waals surface area contributed by atoms with E-state index in [9.17, 15) is 8.42 Å². The molecule has 0 saturated carbocycles. The Hall–Kier alpha value is -2.21. The number of ether oxygens (including phenoxy) is 1. The third-order valence-corrected chi connectivity index (χ3v) is 6.88. The lowest BCUT2D eigenvalue weighted by Crippen LogP contribution is -2.35. The zero-order valence-electron chi connectivity index (χ0n) is 16.2. The predicted octanol–water partition coefficient (Wildman–Crippen LogP) is 2.63. The molecular formula is C20H26N4O3S. The topological polar surface area (TPSA) is 86.5 Å². The van der Waals surface area contributed by atoms with Gasteiger partial charge >= 0.3 is 0 Å². The SMILES string of the molecule is CCOc1ccc(S(=O)(=O)N2CCCN(CCCC#N)CC2)c2cccnc12. The summed E-state index contributed by atoms with van der Waals surface area (Å²) in [4.78, 5) is 6.86. The molecule has 8 heteroatoms. The van der Waals surface area contributed by atoms with Gasteiger partial charge in [-0.15, -0.1) is 0 Å². The third kappa shape index (κ3) is 4.43. The molecule has 0 radical (unpaired) electrons. The van der Waals surface area contributed by atoms with E-state index in [-0.39, 0.29) is 4.90 Å². The molecule has 150 valence electrons. The Balaban J connectivity index is 1.85. The van der Waals surface area contributed by atoms with Gasteiger partial charge in [-0.25, -0.2) is 8.42 Å². The summed E-state index contributed by atoms with van der Waals surface area (Å²) in [7, 11) is -3.63. The molecule has 1 aliphatic heterocycles. The molecule has 0 spiro atoms. The maximum absolute atomic E-state index is 13.4. The average Bonchev–Trinajstić information content (AvgIpc) is 2.95. The number of benzene rings is 1.